The molecule has 0 N–H and O–H groups in total. The van der Waals surface area contributed by atoms with E-state index in [0.29, 0.717) is 31.0 Å². The molecule has 0 bridgehead atoms. The second-order valence-corrected chi connectivity index (χ2v) is 7.72. The molecule has 0 radical (unpaired) electrons. The molecule has 3 aliphatic rings. The number of nitrogens with zero attached hydrogens (tertiary/aromatic N) is 1. The molecule has 2 saturated heterocycles. The van der Waals surface area contributed by atoms with Gasteiger partial charge in [-0.2, -0.15) is 0 Å². The molecule has 3 atom stereocenters. The summed E-state index contributed by atoms with van der Waals surface area (Å²) in [6.07, 6.45) is 3.01. The number of amides is 1. The van der Waals surface area contributed by atoms with Gasteiger partial charge in [0, 0.05) is 29.4 Å². The fourth-order valence-electron chi connectivity index (χ4n) is 3.89. The fourth-order valence-corrected chi connectivity index (χ4v) is 4.31. The first-order valence-corrected chi connectivity index (χ1v) is 9.29. The van der Waals surface area contributed by atoms with Crippen LogP contribution in [0.2, 0.25) is 0 Å². The quantitative estimate of drug-likeness (QED) is 0.809. The lowest BCUT2D eigenvalue weighted by Crippen LogP contribution is -2.44. The Labute approximate surface area is 145 Å². The normalized spacial score (nSPS) is 31.3. The van der Waals surface area contributed by atoms with Crippen LogP contribution in [0.1, 0.15) is 30.7 Å². The number of likely N-dealkylation sites (tertiary alicyclic amines) is 1. The topological polar surface area (TPSA) is 38.8 Å². The van der Waals surface area contributed by atoms with Gasteiger partial charge >= 0.3 is 0 Å². The Morgan fingerprint density at radius 2 is 2.09 bits per heavy atom. The molecule has 3 fully saturated rings. The molecule has 0 aromatic heterocycles. The Hall–Kier alpha value is -0.910. The average molecular weight is 380 g/mol. The Kier molecular flexibility index (Phi) is 4.43. The van der Waals surface area contributed by atoms with Gasteiger partial charge in [-0.1, -0.05) is 28.1 Å². The molecule has 4 rings (SSSR count). The maximum absolute atomic E-state index is 12.8. The summed E-state index contributed by atoms with van der Waals surface area (Å²) in [5.74, 6) is 1.20. The predicted octanol–water partition coefficient (Wildman–Crippen LogP) is 3.16. The zero-order valence-electron chi connectivity index (χ0n) is 13.1. The molecule has 2 heterocycles. The Morgan fingerprint density at radius 1 is 1.26 bits per heavy atom. The van der Waals surface area contributed by atoms with Crippen LogP contribution in [-0.4, -0.2) is 43.4 Å². The van der Waals surface area contributed by atoms with E-state index in [1.807, 2.05) is 17.0 Å². The van der Waals surface area contributed by atoms with Gasteiger partial charge in [0.05, 0.1) is 13.2 Å². The van der Waals surface area contributed by atoms with Gasteiger partial charge in [0.1, 0.15) is 0 Å². The third-order valence-corrected chi connectivity index (χ3v) is 5.68. The summed E-state index contributed by atoms with van der Waals surface area (Å²) in [5, 5.41) is 0. The van der Waals surface area contributed by atoms with Gasteiger partial charge in [0.15, 0.2) is 6.29 Å². The van der Waals surface area contributed by atoms with Crippen molar-refractivity contribution >= 4 is 21.8 Å². The first-order chi connectivity index (χ1) is 11.2. The molecule has 1 amide bonds. The summed E-state index contributed by atoms with van der Waals surface area (Å²) in [6, 6.07) is 8.34. The number of carbonyl (C=O) groups excluding carboxylic acids is 1. The van der Waals surface area contributed by atoms with Crippen LogP contribution in [0.4, 0.5) is 0 Å². The molecule has 3 unspecified atom stereocenters. The zero-order chi connectivity index (χ0) is 15.8. The van der Waals surface area contributed by atoms with E-state index in [1.165, 1.54) is 5.56 Å². The molecule has 1 aromatic carbocycles. The lowest BCUT2D eigenvalue weighted by atomic mass is 9.96. The molecule has 1 saturated carbocycles. The minimum absolute atomic E-state index is 0.106. The molecular formula is C18H22BrNO3. The van der Waals surface area contributed by atoms with Crippen LogP contribution in [-0.2, 0) is 14.3 Å². The number of hydrogen-bond donors (Lipinski definition) is 0. The maximum Gasteiger partial charge on any atom is 0.226 e. The van der Waals surface area contributed by atoms with Crippen LogP contribution in [0.3, 0.4) is 0 Å². The van der Waals surface area contributed by atoms with Gasteiger partial charge in [-0.3, -0.25) is 4.79 Å². The van der Waals surface area contributed by atoms with Crippen molar-refractivity contribution in [2.75, 3.05) is 26.3 Å². The zero-order valence-corrected chi connectivity index (χ0v) is 14.7. The smallest absolute Gasteiger partial charge is 0.226 e. The maximum atomic E-state index is 12.8. The van der Waals surface area contributed by atoms with Crippen molar-refractivity contribution < 1.29 is 14.3 Å². The summed E-state index contributed by atoms with van der Waals surface area (Å²) in [7, 11) is 0. The van der Waals surface area contributed by atoms with Gasteiger partial charge in [-0.05, 0) is 42.9 Å². The van der Waals surface area contributed by atoms with Gasteiger partial charge in [0.25, 0.3) is 0 Å². The Balaban J connectivity index is 1.37. The first-order valence-electron chi connectivity index (χ1n) is 8.50. The molecule has 0 spiro atoms. The summed E-state index contributed by atoms with van der Waals surface area (Å²) >= 11 is 3.51. The highest BCUT2D eigenvalue weighted by Gasteiger charge is 2.46. The number of carbonyl (C=O) groups is 1. The number of rotatable bonds is 3. The molecule has 23 heavy (non-hydrogen) atoms. The molecule has 124 valence electrons. The minimum atomic E-state index is -0.106. The van der Waals surface area contributed by atoms with Gasteiger partial charge in [-0.15, -0.1) is 0 Å². The van der Waals surface area contributed by atoms with Gasteiger partial charge < -0.3 is 14.4 Å². The van der Waals surface area contributed by atoms with E-state index < -0.39 is 0 Å². The van der Waals surface area contributed by atoms with Gasteiger partial charge in [-0.25, -0.2) is 0 Å². The van der Waals surface area contributed by atoms with E-state index in [9.17, 15) is 4.79 Å². The van der Waals surface area contributed by atoms with Crippen LogP contribution < -0.4 is 0 Å². The van der Waals surface area contributed by atoms with Crippen molar-refractivity contribution in [1.29, 1.82) is 0 Å². The highest BCUT2D eigenvalue weighted by Crippen LogP contribution is 2.49. The van der Waals surface area contributed by atoms with Crippen LogP contribution in [0.5, 0.6) is 0 Å². The SMILES string of the molecule is O=C(C1CC1c1cccc(Br)c1)N1CCCC(C2OCCO2)C1. The minimum Gasteiger partial charge on any atom is -0.350 e. The number of benzene rings is 1. The Morgan fingerprint density at radius 3 is 2.87 bits per heavy atom. The second kappa shape index (κ2) is 6.54. The van der Waals surface area contributed by atoms with Crippen molar-refractivity contribution in [3.05, 3.63) is 34.3 Å². The average Bonchev–Trinajstić information content (AvgIpc) is 3.19. The van der Waals surface area contributed by atoms with E-state index in [2.05, 4.69) is 28.1 Å². The third kappa shape index (κ3) is 3.32. The highest BCUT2D eigenvalue weighted by molar-refractivity contribution is 9.10. The van der Waals surface area contributed by atoms with Crippen LogP contribution in [0, 0.1) is 11.8 Å². The molecule has 2 aliphatic heterocycles. The lowest BCUT2D eigenvalue weighted by Gasteiger charge is -2.35. The highest BCUT2D eigenvalue weighted by atomic mass is 79.9. The van der Waals surface area contributed by atoms with E-state index in [-0.39, 0.29) is 12.2 Å². The molecule has 1 aliphatic carbocycles. The second-order valence-electron chi connectivity index (χ2n) is 6.80. The predicted molar refractivity (Wildman–Crippen MR) is 90.0 cm³/mol. The van der Waals surface area contributed by atoms with E-state index in [4.69, 9.17) is 9.47 Å². The number of halogens is 1. The number of ether oxygens (including phenoxy) is 2. The van der Waals surface area contributed by atoms with Crippen molar-refractivity contribution in [3.8, 4) is 0 Å². The van der Waals surface area contributed by atoms with Crippen molar-refractivity contribution in [2.45, 2.75) is 31.5 Å². The van der Waals surface area contributed by atoms with Crippen LogP contribution in [0.25, 0.3) is 0 Å². The Bertz CT molecular complexity index is 587. The summed E-state index contributed by atoms with van der Waals surface area (Å²) in [4.78, 5) is 14.9. The standard InChI is InChI=1S/C18H22BrNO3/c19-14-5-1-3-12(9-14)15-10-16(15)17(21)20-6-2-4-13(11-20)18-22-7-8-23-18/h1,3,5,9,13,15-16,18H,2,4,6-8,10-11H2. The largest absolute Gasteiger partial charge is 0.350 e. The molecular weight excluding hydrogens is 358 g/mol. The van der Waals surface area contributed by atoms with Crippen molar-refractivity contribution in [3.63, 3.8) is 0 Å². The van der Waals surface area contributed by atoms with E-state index in [0.717, 1.165) is 36.8 Å². The number of piperidine rings is 1. The van der Waals surface area contributed by atoms with Gasteiger partial charge in [0.2, 0.25) is 5.91 Å². The molecule has 4 nitrogen and oxygen atoms in total. The summed E-state index contributed by atoms with van der Waals surface area (Å²) in [5.41, 5.74) is 1.27. The van der Waals surface area contributed by atoms with Crippen LogP contribution in [0.15, 0.2) is 28.7 Å². The summed E-state index contributed by atoms with van der Waals surface area (Å²) in [6.45, 7) is 3.03. The molecule has 5 heteroatoms. The first kappa shape index (κ1) is 15.6. The summed E-state index contributed by atoms with van der Waals surface area (Å²) < 4.78 is 12.4. The third-order valence-electron chi connectivity index (χ3n) is 5.19. The van der Waals surface area contributed by atoms with E-state index in [1.54, 1.807) is 0 Å². The number of hydrogen-bond acceptors (Lipinski definition) is 3. The lowest BCUT2D eigenvalue weighted by molar-refractivity contribution is -0.140. The van der Waals surface area contributed by atoms with Crippen molar-refractivity contribution in [1.82, 2.24) is 4.90 Å². The fraction of sp³-hybridized carbons (Fsp3) is 0.611. The van der Waals surface area contributed by atoms with E-state index >= 15 is 0 Å². The molecule has 1 aromatic rings. The monoisotopic (exact) mass is 379 g/mol. The van der Waals surface area contributed by atoms with Crippen LogP contribution >= 0.6 is 15.9 Å². The van der Waals surface area contributed by atoms with Crippen molar-refractivity contribution in [2.24, 2.45) is 11.8 Å².